The summed E-state index contributed by atoms with van der Waals surface area (Å²) in [6, 6.07) is 26.7. The molecular weight excluding hydrogens is 504 g/mol. The molecule has 1 N–H and O–H groups in total. The van der Waals surface area contributed by atoms with Gasteiger partial charge in [-0.2, -0.15) is 0 Å². The average Bonchev–Trinajstić information content (AvgIpc) is 3.63. The van der Waals surface area contributed by atoms with Crippen LogP contribution in [0.4, 0.5) is 5.69 Å². The molecule has 0 unspecified atom stereocenters. The lowest BCUT2D eigenvalue weighted by molar-refractivity contribution is 0.102. The van der Waals surface area contributed by atoms with E-state index in [1.54, 1.807) is 37.3 Å². The number of nitrogens with zero attached hydrogens (tertiary/aromatic N) is 3. The summed E-state index contributed by atoms with van der Waals surface area (Å²) < 4.78 is 12.5. The Morgan fingerprint density at radius 3 is 2.19 bits per heavy atom. The standard InChI is InChI=1S/C28H24N4O3S2/c1-34-23-13-9-21(10-14-23)29-27(33)20-7-5-19(6-8-20)18-37-28-31-30-26(25-4-3-17-36-25)32(28)22-11-15-24(35-2)16-12-22/h3-17H,18H2,1-2H3,(H,29,33). The zero-order valence-electron chi connectivity index (χ0n) is 20.3. The van der Waals surface area contributed by atoms with E-state index in [4.69, 9.17) is 9.47 Å². The predicted octanol–water partition coefficient (Wildman–Crippen LogP) is 6.56. The number of thiophene rings is 1. The minimum Gasteiger partial charge on any atom is -0.497 e. The van der Waals surface area contributed by atoms with Crippen LogP contribution in [-0.4, -0.2) is 34.9 Å². The smallest absolute Gasteiger partial charge is 0.255 e. The van der Waals surface area contributed by atoms with Gasteiger partial charge in [-0.1, -0.05) is 30.0 Å². The Labute approximate surface area is 223 Å². The summed E-state index contributed by atoms with van der Waals surface area (Å²) in [5, 5.41) is 14.7. The molecular formula is C28H24N4O3S2. The molecule has 9 heteroatoms. The van der Waals surface area contributed by atoms with Crippen LogP contribution < -0.4 is 14.8 Å². The first kappa shape index (κ1) is 24.6. The third kappa shape index (κ3) is 5.68. The first-order valence-electron chi connectivity index (χ1n) is 11.5. The van der Waals surface area contributed by atoms with Gasteiger partial charge >= 0.3 is 0 Å². The summed E-state index contributed by atoms with van der Waals surface area (Å²) in [5.41, 5.74) is 3.34. The molecule has 5 aromatic rings. The number of hydrogen-bond donors (Lipinski definition) is 1. The number of anilines is 1. The number of carbonyl (C=O) groups excluding carboxylic acids is 1. The molecule has 0 aliphatic heterocycles. The third-order valence-electron chi connectivity index (χ3n) is 5.64. The maximum atomic E-state index is 12.6. The van der Waals surface area contributed by atoms with E-state index in [0.29, 0.717) is 17.0 Å². The number of hydrogen-bond acceptors (Lipinski definition) is 7. The van der Waals surface area contributed by atoms with Crippen LogP contribution in [0.1, 0.15) is 15.9 Å². The van der Waals surface area contributed by atoms with Gasteiger partial charge in [-0.3, -0.25) is 9.36 Å². The molecule has 1 amide bonds. The van der Waals surface area contributed by atoms with Crippen LogP contribution in [0.25, 0.3) is 16.4 Å². The number of benzene rings is 3. The van der Waals surface area contributed by atoms with E-state index in [-0.39, 0.29) is 5.91 Å². The van der Waals surface area contributed by atoms with Crippen molar-refractivity contribution in [1.29, 1.82) is 0 Å². The zero-order valence-corrected chi connectivity index (χ0v) is 21.9. The molecule has 2 heterocycles. The molecule has 0 fully saturated rings. The zero-order chi connectivity index (χ0) is 25.6. The van der Waals surface area contributed by atoms with E-state index in [1.165, 1.54) is 0 Å². The van der Waals surface area contributed by atoms with Crippen LogP contribution in [0.3, 0.4) is 0 Å². The van der Waals surface area contributed by atoms with Crippen molar-refractivity contribution in [3.05, 3.63) is 101 Å². The van der Waals surface area contributed by atoms with Crippen molar-refractivity contribution in [3.63, 3.8) is 0 Å². The highest BCUT2D eigenvalue weighted by Crippen LogP contribution is 2.32. The van der Waals surface area contributed by atoms with E-state index in [0.717, 1.165) is 38.6 Å². The highest BCUT2D eigenvalue weighted by Gasteiger charge is 2.17. The SMILES string of the molecule is COc1ccc(NC(=O)c2ccc(CSc3nnc(-c4cccs4)n3-c3ccc(OC)cc3)cc2)cc1. The monoisotopic (exact) mass is 528 g/mol. The Morgan fingerprint density at radius 1 is 0.892 bits per heavy atom. The second kappa shape index (κ2) is 11.3. The van der Waals surface area contributed by atoms with Gasteiger partial charge in [0.15, 0.2) is 11.0 Å². The molecule has 3 aromatic carbocycles. The molecule has 7 nitrogen and oxygen atoms in total. The van der Waals surface area contributed by atoms with E-state index < -0.39 is 0 Å². The number of methoxy groups -OCH3 is 2. The minimum absolute atomic E-state index is 0.163. The second-order valence-electron chi connectivity index (χ2n) is 7.99. The van der Waals surface area contributed by atoms with Crippen molar-refractivity contribution in [2.75, 3.05) is 19.5 Å². The lowest BCUT2D eigenvalue weighted by Crippen LogP contribution is -2.11. The van der Waals surface area contributed by atoms with Crippen LogP contribution in [0.2, 0.25) is 0 Å². The first-order valence-corrected chi connectivity index (χ1v) is 13.3. The van der Waals surface area contributed by atoms with Crippen molar-refractivity contribution < 1.29 is 14.3 Å². The third-order valence-corrected chi connectivity index (χ3v) is 7.50. The molecule has 2 aromatic heterocycles. The molecule has 0 atom stereocenters. The fourth-order valence-corrected chi connectivity index (χ4v) is 5.28. The van der Waals surface area contributed by atoms with Gasteiger partial charge in [0.1, 0.15) is 11.5 Å². The summed E-state index contributed by atoms with van der Waals surface area (Å²) in [5.74, 6) is 2.85. The minimum atomic E-state index is -0.163. The molecule has 0 saturated carbocycles. The second-order valence-corrected chi connectivity index (χ2v) is 9.88. The van der Waals surface area contributed by atoms with Crippen molar-refractivity contribution >= 4 is 34.7 Å². The van der Waals surface area contributed by atoms with Gasteiger partial charge in [0, 0.05) is 17.0 Å². The molecule has 186 valence electrons. The van der Waals surface area contributed by atoms with Crippen molar-refractivity contribution in [1.82, 2.24) is 14.8 Å². The Kier molecular flexibility index (Phi) is 7.53. The Hall–Kier alpha value is -4.08. The van der Waals surface area contributed by atoms with Crippen molar-refractivity contribution in [2.24, 2.45) is 0 Å². The molecule has 5 rings (SSSR count). The summed E-state index contributed by atoms with van der Waals surface area (Å²) in [7, 11) is 3.26. The number of thioether (sulfide) groups is 1. The van der Waals surface area contributed by atoms with Crippen molar-refractivity contribution in [3.8, 4) is 27.9 Å². The number of carbonyl (C=O) groups is 1. The van der Waals surface area contributed by atoms with Gasteiger partial charge in [-0.15, -0.1) is 21.5 Å². The first-order chi connectivity index (χ1) is 18.1. The number of amides is 1. The van der Waals surface area contributed by atoms with Gasteiger partial charge in [0.2, 0.25) is 0 Å². The number of rotatable bonds is 9. The largest absolute Gasteiger partial charge is 0.497 e. The highest BCUT2D eigenvalue weighted by atomic mass is 32.2. The number of aromatic nitrogens is 3. The summed E-state index contributed by atoms with van der Waals surface area (Å²) in [6.45, 7) is 0. The van der Waals surface area contributed by atoms with Crippen molar-refractivity contribution in [2.45, 2.75) is 10.9 Å². The maximum absolute atomic E-state index is 12.6. The average molecular weight is 529 g/mol. The maximum Gasteiger partial charge on any atom is 0.255 e. The van der Waals surface area contributed by atoms with Crippen LogP contribution >= 0.6 is 23.1 Å². The highest BCUT2D eigenvalue weighted by molar-refractivity contribution is 7.98. The molecule has 0 aliphatic rings. The van der Waals surface area contributed by atoms with E-state index in [1.807, 2.05) is 90.3 Å². The van der Waals surface area contributed by atoms with E-state index in [9.17, 15) is 4.79 Å². The normalized spacial score (nSPS) is 10.8. The number of nitrogens with one attached hydrogen (secondary N) is 1. The number of ether oxygens (including phenoxy) is 2. The van der Waals surface area contributed by atoms with Gasteiger partial charge in [0.25, 0.3) is 5.91 Å². The van der Waals surface area contributed by atoms with E-state index in [2.05, 4.69) is 20.1 Å². The molecule has 0 spiro atoms. The Balaban J connectivity index is 1.30. The fourth-order valence-electron chi connectivity index (χ4n) is 3.67. The van der Waals surface area contributed by atoms with Gasteiger partial charge in [-0.25, -0.2) is 0 Å². The lowest BCUT2D eigenvalue weighted by atomic mass is 10.1. The molecule has 0 radical (unpaired) electrons. The Bertz CT molecular complexity index is 1460. The fraction of sp³-hybridized carbons (Fsp3) is 0.107. The van der Waals surface area contributed by atoms with Gasteiger partial charge < -0.3 is 14.8 Å². The van der Waals surface area contributed by atoms with Gasteiger partial charge in [0.05, 0.1) is 24.8 Å². The van der Waals surface area contributed by atoms with Crippen LogP contribution in [0, 0.1) is 0 Å². The van der Waals surface area contributed by atoms with E-state index >= 15 is 0 Å². The van der Waals surface area contributed by atoms with Crippen LogP contribution in [0.5, 0.6) is 11.5 Å². The van der Waals surface area contributed by atoms with Crippen LogP contribution in [0.15, 0.2) is 95.5 Å². The predicted molar refractivity (Wildman–Crippen MR) is 148 cm³/mol. The molecule has 0 aliphatic carbocycles. The molecule has 0 bridgehead atoms. The summed E-state index contributed by atoms with van der Waals surface area (Å²) >= 11 is 3.22. The molecule has 0 saturated heterocycles. The summed E-state index contributed by atoms with van der Waals surface area (Å²) in [6.07, 6.45) is 0. The summed E-state index contributed by atoms with van der Waals surface area (Å²) in [4.78, 5) is 13.7. The Morgan fingerprint density at radius 2 is 1.57 bits per heavy atom. The van der Waals surface area contributed by atoms with Crippen LogP contribution in [-0.2, 0) is 5.75 Å². The lowest BCUT2D eigenvalue weighted by Gasteiger charge is -2.11. The quantitative estimate of drug-likeness (QED) is 0.218. The topological polar surface area (TPSA) is 78.3 Å². The molecule has 37 heavy (non-hydrogen) atoms. The van der Waals surface area contributed by atoms with Gasteiger partial charge in [-0.05, 0) is 77.7 Å².